The maximum atomic E-state index is 9.73. The topological polar surface area (TPSA) is 61.7 Å². The van der Waals surface area contributed by atoms with E-state index in [2.05, 4.69) is 5.32 Å². The van der Waals surface area contributed by atoms with Gasteiger partial charge in [0.2, 0.25) is 0 Å². The molecule has 4 heteroatoms. The van der Waals surface area contributed by atoms with Crippen molar-refractivity contribution in [3.63, 3.8) is 0 Å². The molecule has 20 heavy (non-hydrogen) atoms. The Morgan fingerprint density at radius 1 is 1.25 bits per heavy atom. The Morgan fingerprint density at radius 2 is 2.00 bits per heavy atom. The van der Waals surface area contributed by atoms with Crippen LogP contribution in [0.3, 0.4) is 0 Å². The zero-order chi connectivity index (χ0) is 14.4. The zero-order valence-corrected chi connectivity index (χ0v) is 12.1. The first kappa shape index (κ1) is 15.1. The fourth-order valence-corrected chi connectivity index (χ4v) is 3.04. The summed E-state index contributed by atoms with van der Waals surface area (Å²) in [7, 11) is 1.55. The average molecular weight is 279 g/mol. The van der Waals surface area contributed by atoms with Crippen LogP contribution in [0.1, 0.15) is 31.2 Å². The molecule has 2 rings (SSSR count). The summed E-state index contributed by atoms with van der Waals surface area (Å²) in [5.41, 5.74) is 1.04. The molecule has 1 aromatic carbocycles. The van der Waals surface area contributed by atoms with Crippen molar-refractivity contribution in [1.82, 2.24) is 5.32 Å². The Kier molecular flexibility index (Phi) is 5.68. The highest BCUT2D eigenvalue weighted by Crippen LogP contribution is 2.29. The van der Waals surface area contributed by atoms with Crippen LogP contribution in [-0.4, -0.2) is 30.5 Å². The van der Waals surface area contributed by atoms with Crippen LogP contribution in [0.2, 0.25) is 0 Å². The molecule has 0 heterocycles. The summed E-state index contributed by atoms with van der Waals surface area (Å²) in [6.45, 7) is 1.96. The summed E-state index contributed by atoms with van der Waals surface area (Å²) < 4.78 is 5.03. The van der Waals surface area contributed by atoms with Crippen LogP contribution in [0.15, 0.2) is 18.2 Å². The molecule has 2 atom stereocenters. The van der Waals surface area contributed by atoms with Gasteiger partial charge in [0.1, 0.15) is 0 Å². The smallest absolute Gasteiger partial charge is 0.160 e. The molecule has 0 aliphatic heterocycles. The van der Waals surface area contributed by atoms with Gasteiger partial charge in [0.25, 0.3) is 0 Å². The van der Waals surface area contributed by atoms with Crippen molar-refractivity contribution in [2.24, 2.45) is 11.8 Å². The fraction of sp³-hybridized carbons (Fsp3) is 0.625. The molecule has 0 amide bonds. The summed E-state index contributed by atoms with van der Waals surface area (Å²) in [5, 5.41) is 22.6. The maximum Gasteiger partial charge on any atom is 0.160 e. The van der Waals surface area contributed by atoms with Crippen LogP contribution in [0.25, 0.3) is 0 Å². The molecular weight excluding hydrogens is 254 g/mol. The number of rotatable bonds is 6. The number of aromatic hydroxyl groups is 1. The lowest BCUT2D eigenvalue weighted by atomic mass is 9.79. The van der Waals surface area contributed by atoms with Gasteiger partial charge in [-0.25, -0.2) is 0 Å². The zero-order valence-electron chi connectivity index (χ0n) is 12.1. The van der Waals surface area contributed by atoms with Crippen molar-refractivity contribution in [3.05, 3.63) is 23.8 Å². The number of phenols is 1. The van der Waals surface area contributed by atoms with Gasteiger partial charge in [0, 0.05) is 13.2 Å². The van der Waals surface area contributed by atoms with E-state index in [1.807, 2.05) is 6.07 Å². The van der Waals surface area contributed by atoms with Gasteiger partial charge < -0.3 is 20.3 Å². The van der Waals surface area contributed by atoms with Crippen LogP contribution >= 0.6 is 0 Å². The van der Waals surface area contributed by atoms with Gasteiger partial charge in [-0.15, -0.1) is 0 Å². The van der Waals surface area contributed by atoms with E-state index in [0.29, 0.717) is 24.2 Å². The van der Waals surface area contributed by atoms with E-state index in [0.717, 1.165) is 25.1 Å². The second-order valence-electron chi connectivity index (χ2n) is 5.62. The Balaban J connectivity index is 1.81. The van der Waals surface area contributed by atoms with Crippen LogP contribution in [0.4, 0.5) is 0 Å². The quantitative estimate of drug-likeness (QED) is 0.747. The van der Waals surface area contributed by atoms with Crippen molar-refractivity contribution < 1.29 is 14.9 Å². The molecule has 0 spiro atoms. The maximum absolute atomic E-state index is 9.73. The molecule has 0 aromatic heterocycles. The molecule has 0 saturated heterocycles. The summed E-state index contributed by atoms with van der Waals surface area (Å²) in [6, 6.07) is 5.47. The fourth-order valence-electron chi connectivity index (χ4n) is 3.04. The highest BCUT2D eigenvalue weighted by molar-refractivity contribution is 5.41. The van der Waals surface area contributed by atoms with Gasteiger partial charge in [-0.3, -0.25) is 0 Å². The summed E-state index contributed by atoms with van der Waals surface area (Å²) in [4.78, 5) is 0. The minimum absolute atomic E-state index is 0.178. The number of methoxy groups -OCH3 is 1. The Labute approximate surface area is 120 Å². The number of hydrogen-bond donors (Lipinski definition) is 3. The van der Waals surface area contributed by atoms with Crippen molar-refractivity contribution in [1.29, 1.82) is 0 Å². The van der Waals surface area contributed by atoms with Crippen molar-refractivity contribution in [2.45, 2.75) is 32.2 Å². The minimum atomic E-state index is 0.178. The molecule has 3 N–H and O–H groups in total. The summed E-state index contributed by atoms with van der Waals surface area (Å²) >= 11 is 0. The summed E-state index contributed by atoms with van der Waals surface area (Å²) in [6.07, 6.45) is 4.86. The predicted molar refractivity (Wildman–Crippen MR) is 78.9 cm³/mol. The number of aliphatic hydroxyl groups is 1. The van der Waals surface area contributed by atoms with Crippen molar-refractivity contribution >= 4 is 0 Å². The van der Waals surface area contributed by atoms with E-state index in [1.54, 1.807) is 19.2 Å². The third-order valence-corrected chi connectivity index (χ3v) is 4.28. The predicted octanol–water partition coefficient (Wildman–Crippen LogP) is 2.29. The molecule has 0 radical (unpaired) electrons. The lowest BCUT2D eigenvalue weighted by Crippen LogP contribution is -2.32. The number of aliphatic hydroxyl groups excluding tert-OH is 1. The van der Waals surface area contributed by atoms with E-state index < -0.39 is 0 Å². The van der Waals surface area contributed by atoms with E-state index in [9.17, 15) is 10.2 Å². The molecule has 4 nitrogen and oxygen atoms in total. The largest absolute Gasteiger partial charge is 0.504 e. The van der Waals surface area contributed by atoms with E-state index in [1.165, 1.54) is 19.3 Å². The molecule has 1 aromatic rings. The number of phenolic OH excluding ortho intramolecular Hbond substituents is 1. The number of benzene rings is 1. The third-order valence-electron chi connectivity index (χ3n) is 4.28. The normalized spacial score (nSPS) is 22.7. The van der Waals surface area contributed by atoms with Gasteiger partial charge in [0.15, 0.2) is 11.5 Å². The third kappa shape index (κ3) is 3.87. The molecule has 0 bridgehead atoms. The van der Waals surface area contributed by atoms with Gasteiger partial charge >= 0.3 is 0 Å². The number of nitrogens with one attached hydrogen (secondary N) is 1. The minimum Gasteiger partial charge on any atom is -0.504 e. The van der Waals surface area contributed by atoms with E-state index in [4.69, 9.17) is 4.74 Å². The first-order chi connectivity index (χ1) is 9.74. The average Bonchev–Trinajstić information content (AvgIpc) is 2.48. The van der Waals surface area contributed by atoms with Crippen LogP contribution in [0.5, 0.6) is 11.5 Å². The Bertz CT molecular complexity index is 422. The highest BCUT2D eigenvalue weighted by atomic mass is 16.5. The molecular formula is C16H25NO3. The van der Waals surface area contributed by atoms with Gasteiger partial charge in [-0.1, -0.05) is 18.9 Å². The summed E-state index contributed by atoms with van der Waals surface area (Å²) in [5.74, 6) is 1.69. The first-order valence-electron chi connectivity index (χ1n) is 7.42. The number of hydrogen-bond acceptors (Lipinski definition) is 4. The van der Waals surface area contributed by atoms with E-state index in [-0.39, 0.29) is 5.75 Å². The molecule has 2 unspecified atom stereocenters. The van der Waals surface area contributed by atoms with Gasteiger partial charge in [0.05, 0.1) is 7.11 Å². The lowest BCUT2D eigenvalue weighted by molar-refractivity contribution is 0.133. The molecule has 1 saturated carbocycles. The second-order valence-corrected chi connectivity index (χ2v) is 5.62. The van der Waals surface area contributed by atoms with Crippen LogP contribution in [0, 0.1) is 11.8 Å². The van der Waals surface area contributed by atoms with Crippen LogP contribution in [-0.2, 0) is 6.54 Å². The van der Waals surface area contributed by atoms with Crippen molar-refractivity contribution in [2.75, 3.05) is 20.3 Å². The molecule has 1 fully saturated rings. The van der Waals surface area contributed by atoms with E-state index >= 15 is 0 Å². The highest BCUT2D eigenvalue weighted by Gasteiger charge is 2.23. The SMILES string of the molecule is COc1ccc(CNCC2CCCCC2CO)cc1O. The molecule has 1 aliphatic carbocycles. The lowest BCUT2D eigenvalue weighted by Gasteiger charge is -2.30. The monoisotopic (exact) mass is 279 g/mol. The van der Waals surface area contributed by atoms with Crippen LogP contribution < -0.4 is 10.1 Å². The standard InChI is InChI=1S/C16H25NO3/c1-20-16-7-6-12(8-15(16)19)9-17-10-13-4-2-3-5-14(13)11-18/h6-8,13-14,17-19H,2-5,9-11H2,1H3. The number of ether oxygens (including phenoxy) is 1. The molecule has 112 valence electrons. The Morgan fingerprint density at radius 3 is 2.65 bits per heavy atom. The molecule has 1 aliphatic rings. The second kappa shape index (κ2) is 7.50. The van der Waals surface area contributed by atoms with Gasteiger partial charge in [-0.2, -0.15) is 0 Å². The van der Waals surface area contributed by atoms with Crippen molar-refractivity contribution in [3.8, 4) is 11.5 Å². The first-order valence-corrected chi connectivity index (χ1v) is 7.42. The Hall–Kier alpha value is -1.26. The van der Waals surface area contributed by atoms with Gasteiger partial charge in [-0.05, 0) is 48.9 Å².